The van der Waals surface area contributed by atoms with E-state index in [0.29, 0.717) is 24.5 Å². The van der Waals surface area contributed by atoms with Gasteiger partial charge in [0.1, 0.15) is 5.82 Å². The van der Waals surface area contributed by atoms with Gasteiger partial charge in [-0.15, -0.1) is 0 Å². The molecule has 1 amide bonds. The number of anilines is 1. The number of β-amino-alcohol motifs (C(OH)–C–C–N with tert-alkyl or cyclic N) is 1. The first-order valence-corrected chi connectivity index (χ1v) is 6.96. The lowest BCUT2D eigenvalue weighted by Gasteiger charge is -2.16. The molecule has 1 aliphatic rings. The maximum atomic E-state index is 12.2. The quantitative estimate of drug-likeness (QED) is 0.619. The van der Waals surface area contributed by atoms with Gasteiger partial charge in [0.05, 0.1) is 11.7 Å². The molecule has 6 nitrogen and oxygen atoms in total. The lowest BCUT2D eigenvalue weighted by atomic mass is 10.1. The van der Waals surface area contributed by atoms with Gasteiger partial charge >= 0.3 is 0 Å². The lowest BCUT2D eigenvalue weighted by Crippen LogP contribution is -2.34. The van der Waals surface area contributed by atoms with Crippen LogP contribution in [-0.4, -0.2) is 47.8 Å². The summed E-state index contributed by atoms with van der Waals surface area (Å²) in [4.78, 5) is 16.4. The van der Waals surface area contributed by atoms with E-state index in [1.54, 1.807) is 18.3 Å². The Morgan fingerprint density at radius 2 is 2.35 bits per heavy atom. The third-order valence-corrected chi connectivity index (χ3v) is 3.31. The molecular formula is C14H22N4O2. The van der Waals surface area contributed by atoms with Crippen LogP contribution in [0.4, 0.5) is 5.82 Å². The van der Waals surface area contributed by atoms with Gasteiger partial charge in [0.2, 0.25) is 0 Å². The third-order valence-electron chi connectivity index (χ3n) is 3.31. The van der Waals surface area contributed by atoms with Crippen LogP contribution in [0.2, 0.25) is 0 Å². The Kier molecular flexibility index (Phi) is 4.92. The predicted molar refractivity (Wildman–Crippen MR) is 77.7 cm³/mol. The molecule has 20 heavy (non-hydrogen) atoms. The van der Waals surface area contributed by atoms with Crippen molar-refractivity contribution in [3.05, 3.63) is 23.9 Å². The average molecular weight is 278 g/mol. The van der Waals surface area contributed by atoms with Crippen molar-refractivity contribution in [3.8, 4) is 0 Å². The third kappa shape index (κ3) is 3.68. The fourth-order valence-electron chi connectivity index (χ4n) is 2.22. The monoisotopic (exact) mass is 278 g/mol. The summed E-state index contributed by atoms with van der Waals surface area (Å²) < 4.78 is 0. The highest BCUT2D eigenvalue weighted by Crippen LogP contribution is 2.13. The molecule has 2 atom stereocenters. The van der Waals surface area contributed by atoms with Crippen LogP contribution in [0, 0.1) is 5.92 Å². The van der Waals surface area contributed by atoms with E-state index in [-0.39, 0.29) is 17.9 Å². The molecule has 0 saturated carbocycles. The molecule has 110 valence electrons. The SMILES string of the molecule is CC(C)Nc1ncccc1C(=O)NCC1CNCC1O. The van der Waals surface area contributed by atoms with E-state index < -0.39 is 6.10 Å². The average Bonchev–Trinajstić information content (AvgIpc) is 2.81. The van der Waals surface area contributed by atoms with Gasteiger partial charge in [0.15, 0.2) is 0 Å². The standard InChI is InChI=1S/C14H22N4O2/c1-9(2)18-13-11(4-3-5-16-13)14(20)17-7-10-6-15-8-12(10)19/h3-5,9-10,12,15,19H,6-8H2,1-2H3,(H,16,18)(H,17,20). The van der Waals surface area contributed by atoms with E-state index in [9.17, 15) is 9.90 Å². The first-order valence-electron chi connectivity index (χ1n) is 6.96. The first-order chi connectivity index (χ1) is 9.58. The van der Waals surface area contributed by atoms with Gasteiger partial charge in [-0.2, -0.15) is 0 Å². The number of nitrogens with zero attached hydrogens (tertiary/aromatic N) is 1. The molecule has 0 bridgehead atoms. The zero-order valence-corrected chi connectivity index (χ0v) is 11.9. The molecule has 1 aromatic heterocycles. The lowest BCUT2D eigenvalue weighted by molar-refractivity contribution is 0.0927. The van der Waals surface area contributed by atoms with Gasteiger partial charge in [-0.1, -0.05) is 0 Å². The van der Waals surface area contributed by atoms with E-state index in [2.05, 4.69) is 20.9 Å². The van der Waals surface area contributed by atoms with Crippen LogP contribution in [0.1, 0.15) is 24.2 Å². The highest BCUT2D eigenvalue weighted by Gasteiger charge is 2.25. The van der Waals surface area contributed by atoms with E-state index in [1.165, 1.54) is 0 Å². The van der Waals surface area contributed by atoms with Gasteiger partial charge in [-0.05, 0) is 26.0 Å². The number of aliphatic hydroxyl groups is 1. The Morgan fingerprint density at radius 1 is 1.55 bits per heavy atom. The van der Waals surface area contributed by atoms with E-state index >= 15 is 0 Å². The summed E-state index contributed by atoms with van der Waals surface area (Å²) in [5, 5.41) is 18.8. The smallest absolute Gasteiger partial charge is 0.255 e. The second-order valence-corrected chi connectivity index (χ2v) is 5.39. The van der Waals surface area contributed by atoms with Crippen molar-refractivity contribution in [3.63, 3.8) is 0 Å². The van der Waals surface area contributed by atoms with Crippen molar-refractivity contribution in [1.82, 2.24) is 15.6 Å². The van der Waals surface area contributed by atoms with Gasteiger partial charge in [-0.3, -0.25) is 4.79 Å². The maximum absolute atomic E-state index is 12.2. The summed E-state index contributed by atoms with van der Waals surface area (Å²) in [7, 11) is 0. The van der Waals surface area contributed by atoms with Crippen LogP contribution in [0.3, 0.4) is 0 Å². The van der Waals surface area contributed by atoms with Gasteiger partial charge < -0.3 is 21.1 Å². The van der Waals surface area contributed by atoms with E-state index in [4.69, 9.17) is 0 Å². The van der Waals surface area contributed by atoms with Crippen LogP contribution in [-0.2, 0) is 0 Å². The molecule has 0 radical (unpaired) electrons. The molecule has 1 aromatic rings. The van der Waals surface area contributed by atoms with Gasteiger partial charge in [-0.25, -0.2) is 4.98 Å². The Hall–Kier alpha value is -1.66. The molecule has 0 aromatic carbocycles. The van der Waals surface area contributed by atoms with Gasteiger partial charge in [0.25, 0.3) is 5.91 Å². The minimum Gasteiger partial charge on any atom is -0.391 e. The molecule has 1 fully saturated rings. The Labute approximate surface area is 119 Å². The normalized spacial score (nSPS) is 22.0. The van der Waals surface area contributed by atoms with Gasteiger partial charge in [0, 0.05) is 37.8 Å². The highest BCUT2D eigenvalue weighted by atomic mass is 16.3. The zero-order chi connectivity index (χ0) is 14.5. The number of aliphatic hydroxyl groups excluding tert-OH is 1. The summed E-state index contributed by atoms with van der Waals surface area (Å²) in [6.07, 6.45) is 1.27. The van der Waals surface area contributed by atoms with Crippen molar-refractivity contribution in [1.29, 1.82) is 0 Å². The van der Waals surface area contributed by atoms with Crippen LogP contribution in [0.5, 0.6) is 0 Å². The fraction of sp³-hybridized carbons (Fsp3) is 0.571. The largest absolute Gasteiger partial charge is 0.391 e. The van der Waals surface area contributed by atoms with Crippen LogP contribution < -0.4 is 16.0 Å². The van der Waals surface area contributed by atoms with Crippen molar-refractivity contribution < 1.29 is 9.90 Å². The number of carbonyl (C=O) groups excluding carboxylic acids is 1. The Balaban J connectivity index is 1.98. The molecule has 6 heteroatoms. The maximum Gasteiger partial charge on any atom is 0.255 e. The Morgan fingerprint density at radius 3 is 3.00 bits per heavy atom. The van der Waals surface area contributed by atoms with Crippen molar-refractivity contribution >= 4 is 11.7 Å². The number of pyridine rings is 1. The summed E-state index contributed by atoms with van der Waals surface area (Å²) in [5.74, 6) is 0.488. The summed E-state index contributed by atoms with van der Waals surface area (Å²) in [6, 6.07) is 3.69. The molecular weight excluding hydrogens is 256 g/mol. The number of amides is 1. The molecule has 4 N–H and O–H groups in total. The van der Waals surface area contributed by atoms with Crippen molar-refractivity contribution in [2.75, 3.05) is 25.0 Å². The van der Waals surface area contributed by atoms with Crippen LogP contribution in [0.25, 0.3) is 0 Å². The zero-order valence-electron chi connectivity index (χ0n) is 11.9. The molecule has 2 heterocycles. The molecule has 1 aliphatic heterocycles. The summed E-state index contributed by atoms with van der Waals surface area (Å²) >= 11 is 0. The molecule has 0 spiro atoms. The molecule has 2 unspecified atom stereocenters. The minimum atomic E-state index is -0.391. The number of aromatic nitrogens is 1. The number of hydrogen-bond acceptors (Lipinski definition) is 5. The number of carbonyl (C=O) groups is 1. The number of rotatable bonds is 5. The highest BCUT2D eigenvalue weighted by molar-refractivity contribution is 5.98. The molecule has 2 rings (SSSR count). The number of nitrogens with one attached hydrogen (secondary N) is 3. The van der Waals surface area contributed by atoms with Crippen LogP contribution in [0.15, 0.2) is 18.3 Å². The fourth-order valence-corrected chi connectivity index (χ4v) is 2.22. The van der Waals surface area contributed by atoms with Crippen molar-refractivity contribution in [2.24, 2.45) is 5.92 Å². The topological polar surface area (TPSA) is 86.3 Å². The molecule has 0 aliphatic carbocycles. The summed E-state index contributed by atoms with van der Waals surface area (Å²) in [5.41, 5.74) is 0.529. The second kappa shape index (κ2) is 6.67. The molecule has 1 saturated heterocycles. The van der Waals surface area contributed by atoms with Crippen LogP contribution >= 0.6 is 0 Å². The predicted octanol–water partition coefficient (Wildman–Crippen LogP) is 0.212. The van der Waals surface area contributed by atoms with E-state index in [1.807, 2.05) is 13.8 Å². The summed E-state index contributed by atoms with van der Waals surface area (Å²) in [6.45, 7) is 5.77. The Bertz CT molecular complexity index is 464. The van der Waals surface area contributed by atoms with E-state index in [0.717, 1.165) is 6.54 Å². The number of hydrogen-bond donors (Lipinski definition) is 4. The first kappa shape index (κ1) is 14.7. The second-order valence-electron chi connectivity index (χ2n) is 5.39. The minimum absolute atomic E-state index is 0.0668. The van der Waals surface area contributed by atoms with Crippen molar-refractivity contribution in [2.45, 2.75) is 26.0 Å².